The van der Waals surface area contributed by atoms with E-state index in [0.29, 0.717) is 17.0 Å². The number of hydrogen-bond donors (Lipinski definition) is 1. The second kappa shape index (κ2) is 16.2. The molecule has 1 unspecified atom stereocenters. The van der Waals surface area contributed by atoms with Crippen molar-refractivity contribution in [3.8, 4) is 39.4 Å². The molecule has 0 saturated carbocycles. The Bertz CT molecular complexity index is 2380. The van der Waals surface area contributed by atoms with Crippen LogP contribution in [0, 0.1) is 6.07 Å². The largest absolute Gasteiger partial charge is 0.507 e. The summed E-state index contributed by atoms with van der Waals surface area (Å²) in [5.74, 6) is -0.159. The summed E-state index contributed by atoms with van der Waals surface area (Å²) >= 11 is 0. The summed E-state index contributed by atoms with van der Waals surface area (Å²) < 4.78 is 9.86. The van der Waals surface area contributed by atoms with E-state index in [0.717, 1.165) is 56.1 Å². The molecule has 55 heavy (non-hydrogen) atoms. The first-order chi connectivity index (χ1) is 26.2. The van der Waals surface area contributed by atoms with E-state index in [4.69, 9.17) is 9.97 Å². The number of phenols is 1. The van der Waals surface area contributed by atoms with E-state index < -0.39 is 5.89 Å². The second-order valence-electron chi connectivity index (χ2n) is 15.9. The fraction of sp³-hybridized carbons (Fsp3) is 0.200. The van der Waals surface area contributed by atoms with Gasteiger partial charge in [0.05, 0.1) is 5.69 Å². The molecule has 0 aliphatic carbocycles. The van der Waals surface area contributed by atoms with Crippen LogP contribution in [0.1, 0.15) is 78.0 Å². The Morgan fingerprint density at radius 2 is 1.27 bits per heavy atom. The molecule has 1 N–H and O–H groups in total. The molecule has 5 aromatic carbocycles. The Hall–Kier alpha value is -5.31. The topological polar surface area (TPSA) is 49.3 Å². The first-order valence-electron chi connectivity index (χ1n) is 19.1. The van der Waals surface area contributed by atoms with Gasteiger partial charge in [-0.25, -0.2) is 4.98 Å². The van der Waals surface area contributed by atoms with Crippen molar-refractivity contribution in [1.29, 1.82) is 0 Å². The smallest absolute Gasteiger partial charge is 0.136 e. The Balaban J connectivity index is 0.00000532. The Morgan fingerprint density at radius 1 is 0.655 bits per heavy atom. The predicted molar refractivity (Wildman–Crippen MR) is 225 cm³/mol. The summed E-state index contributed by atoms with van der Waals surface area (Å²) in [7, 11) is 0. The minimum atomic E-state index is -1.12. The van der Waals surface area contributed by atoms with Crippen LogP contribution in [0.25, 0.3) is 33.6 Å². The van der Waals surface area contributed by atoms with E-state index in [1.165, 1.54) is 0 Å². The fourth-order valence-corrected chi connectivity index (χ4v) is 6.78. The number of anilines is 3. The molecule has 4 nitrogen and oxygen atoms in total. The molecular weight excluding hydrogens is 854 g/mol. The van der Waals surface area contributed by atoms with Gasteiger partial charge >= 0.3 is 0 Å². The number of hydrogen-bond acceptors (Lipinski definition) is 4. The Morgan fingerprint density at radius 3 is 1.89 bits per heavy atom. The molecule has 0 aliphatic heterocycles. The minimum absolute atomic E-state index is 0. The Labute approximate surface area is 342 Å². The van der Waals surface area contributed by atoms with Crippen molar-refractivity contribution in [1.82, 2.24) is 9.97 Å². The standard InChI is InChI=1S/C50H48N3O.Pt/c1-34(35-19-11-8-12-20-35)37-27-39(29-42(28-37)53(41-23-15-10-16-24-41)47-25-17-18-26-51-47)45-30-38(36-21-13-9-14-22-36)31-46(52-45)43-32-40(49(2,3)4)33-44(48(43)54)50(5,6)7;/h8-28,30-34,54H,1-7H3;/q-1;/i34D;. The maximum absolute atomic E-state index is 12.1. The summed E-state index contributed by atoms with van der Waals surface area (Å²) in [6, 6.07) is 52.4. The van der Waals surface area contributed by atoms with Crippen molar-refractivity contribution in [3.63, 3.8) is 0 Å². The number of para-hydroxylation sites is 1. The minimum Gasteiger partial charge on any atom is -0.507 e. The van der Waals surface area contributed by atoms with Gasteiger partial charge in [0.2, 0.25) is 0 Å². The third kappa shape index (κ3) is 8.66. The van der Waals surface area contributed by atoms with Gasteiger partial charge in [-0.1, -0.05) is 146 Å². The normalized spacial score (nSPS) is 13.0. The number of pyridine rings is 2. The third-order valence-electron chi connectivity index (χ3n) is 9.90. The molecule has 7 aromatic rings. The first-order valence-corrected chi connectivity index (χ1v) is 18.6. The number of aromatic hydroxyl groups is 1. The molecule has 2 heterocycles. The number of phenolic OH excluding ortho intramolecular Hbond substituents is 1. The average molecular weight is 903 g/mol. The summed E-state index contributed by atoms with van der Waals surface area (Å²) in [4.78, 5) is 12.2. The van der Waals surface area contributed by atoms with Crippen molar-refractivity contribution in [3.05, 3.63) is 180 Å². The monoisotopic (exact) mass is 902 g/mol. The number of aromatic nitrogens is 2. The molecule has 0 saturated heterocycles. The first kappa shape index (κ1) is 38.0. The zero-order valence-electron chi connectivity index (χ0n) is 33.5. The molecule has 7 rings (SSSR count). The zero-order valence-corrected chi connectivity index (χ0v) is 34.8. The van der Waals surface area contributed by atoms with Crippen molar-refractivity contribution >= 4 is 17.2 Å². The number of benzene rings is 5. The van der Waals surface area contributed by atoms with Gasteiger partial charge in [-0.05, 0) is 86.8 Å². The van der Waals surface area contributed by atoms with Crippen LogP contribution < -0.4 is 4.90 Å². The van der Waals surface area contributed by atoms with Gasteiger partial charge in [-0.15, -0.1) is 29.3 Å². The van der Waals surface area contributed by atoms with E-state index in [1.54, 1.807) is 6.20 Å². The van der Waals surface area contributed by atoms with Gasteiger partial charge < -0.3 is 10.0 Å². The number of rotatable bonds is 8. The molecule has 0 fully saturated rings. The average Bonchev–Trinajstić information content (AvgIpc) is 3.18. The molecule has 0 spiro atoms. The molecule has 2 aromatic heterocycles. The van der Waals surface area contributed by atoms with Crippen molar-refractivity contribution in [2.45, 2.75) is 65.2 Å². The third-order valence-corrected chi connectivity index (χ3v) is 9.90. The molecule has 5 heteroatoms. The van der Waals surface area contributed by atoms with Gasteiger partial charge in [0.25, 0.3) is 0 Å². The van der Waals surface area contributed by atoms with Crippen LogP contribution in [0.3, 0.4) is 0 Å². The van der Waals surface area contributed by atoms with E-state index in [2.05, 4.69) is 101 Å². The number of nitrogens with zero attached hydrogens (tertiary/aromatic N) is 3. The molecule has 280 valence electrons. The second-order valence-corrected chi connectivity index (χ2v) is 15.9. The summed E-state index contributed by atoms with van der Waals surface area (Å²) in [6.45, 7) is 14.9. The van der Waals surface area contributed by atoms with Crippen molar-refractivity contribution < 1.29 is 27.5 Å². The van der Waals surface area contributed by atoms with E-state index in [-0.39, 0.29) is 37.6 Å². The zero-order chi connectivity index (χ0) is 39.0. The van der Waals surface area contributed by atoms with Gasteiger partial charge in [-0.2, -0.15) is 0 Å². The van der Waals surface area contributed by atoms with Gasteiger partial charge in [0.15, 0.2) is 0 Å². The van der Waals surface area contributed by atoms with Crippen molar-refractivity contribution in [2.24, 2.45) is 0 Å². The van der Waals surface area contributed by atoms with Gasteiger partial charge in [0, 0.05) is 45.4 Å². The maximum Gasteiger partial charge on any atom is 0.136 e. The van der Waals surface area contributed by atoms with Crippen LogP contribution in [0.5, 0.6) is 5.75 Å². The molecule has 1 atom stereocenters. The van der Waals surface area contributed by atoms with E-state index in [1.807, 2.05) is 104 Å². The fourth-order valence-electron chi connectivity index (χ4n) is 6.78. The van der Waals surface area contributed by atoms with Crippen LogP contribution >= 0.6 is 0 Å². The predicted octanol–water partition coefficient (Wildman–Crippen LogP) is 13.2. The molecule has 0 bridgehead atoms. The van der Waals surface area contributed by atoms with Crippen LogP contribution in [-0.2, 0) is 31.9 Å². The van der Waals surface area contributed by atoms with Crippen LogP contribution in [0.15, 0.2) is 152 Å². The van der Waals surface area contributed by atoms with Gasteiger partial charge in [-0.3, -0.25) is 4.98 Å². The summed E-state index contributed by atoms with van der Waals surface area (Å²) in [5.41, 5.74) is 9.54. The SMILES string of the molecule is [2H]C(C)(c1ccccc1)c1cc(-c2cc(-c3ccccc3)cc(-c3cc(C(C)(C)C)cc(C(C)(C)C)c3O)n2)[c-]c(N(c2ccccc2)c2ccccn2)c1.[Pt]. The van der Waals surface area contributed by atoms with Crippen LogP contribution in [0.4, 0.5) is 17.2 Å². The molecule has 0 amide bonds. The summed E-state index contributed by atoms with van der Waals surface area (Å²) in [6.07, 6.45) is 1.79. The Kier molecular flexibility index (Phi) is 11.2. The van der Waals surface area contributed by atoms with Crippen LogP contribution in [0.2, 0.25) is 0 Å². The van der Waals surface area contributed by atoms with E-state index in [9.17, 15) is 6.48 Å². The maximum atomic E-state index is 12.1. The van der Waals surface area contributed by atoms with Crippen LogP contribution in [-0.4, -0.2) is 15.1 Å². The van der Waals surface area contributed by atoms with Crippen molar-refractivity contribution in [2.75, 3.05) is 4.90 Å². The molecule has 0 aliphatic rings. The molecule has 0 radical (unpaired) electrons. The van der Waals surface area contributed by atoms with Gasteiger partial charge in [0.1, 0.15) is 11.6 Å². The molecular formula is C50H48N3OPt-. The quantitative estimate of drug-likeness (QED) is 0.154. The van der Waals surface area contributed by atoms with E-state index >= 15 is 0 Å². The summed E-state index contributed by atoms with van der Waals surface area (Å²) in [5, 5.41) is 12.1.